The zero-order chi connectivity index (χ0) is 39.1. The van der Waals surface area contributed by atoms with Crippen LogP contribution in [0.2, 0.25) is 0 Å². The summed E-state index contributed by atoms with van der Waals surface area (Å²) in [6, 6.07) is -3.69. The maximum Gasteiger partial charge on any atom is 0.362 e. The van der Waals surface area contributed by atoms with Crippen molar-refractivity contribution in [2.75, 3.05) is 17.7 Å². The van der Waals surface area contributed by atoms with Gasteiger partial charge in [-0.1, -0.05) is 9.24 Å². The number of carbonyl (C=O) groups excluding carboxylic acids is 3. The molecule has 4 amide bonds. The Bertz CT molecular complexity index is 2340. The number of β-lactam (4-membered cyclic amide) rings is 1. The normalized spacial score (nSPS) is 16.7. The van der Waals surface area contributed by atoms with Gasteiger partial charge in [0.2, 0.25) is 11.0 Å². The number of nitrogens with one attached hydrogen (secondary N) is 2. The van der Waals surface area contributed by atoms with E-state index in [4.69, 9.17) is 10.6 Å². The predicted octanol–water partition coefficient (Wildman–Crippen LogP) is -2.91. The van der Waals surface area contributed by atoms with Crippen LogP contribution in [0.5, 0.6) is 5.75 Å². The highest BCUT2D eigenvalue weighted by atomic mass is 32.2. The summed E-state index contributed by atoms with van der Waals surface area (Å²) in [6.45, 7) is 3.01. The number of urea groups is 1. The number of sulfone groups is 1. The van der Waals surface area contributed by atoms with E-state index in [9.17, 15) is 61.0 Å². The van der Waals surface area contributed by atoms with Gasteiger partial charge in [0, 0.05) is 24.2 Å². The number of nitrogens with two attached hydrogens (primary N) is 1. The van der Waals surface area contributed by atoms with Crippen LogP contribution in [-0.2, 0) is 45.8 Å². The quantitative estimate of drug-likeness (QED) is 0.0437. The van der Waals surface area contributed by atoms with E-state index in [-0.39, 0.29) is 26.1 Å². The van der Waals surface area contributed by atoms with Crippen LogP contribution >= 0.6 is 11.3 Å². The van der Waals surface area contributed by atoms with Crippen molar-refractivity contribution in [2.45, 2.75) is 51.4 Å². The summed E-state index contributed by atoms with van der Waals surface area (Å²) in [4.78, 5) is 85.3. The smallest absolute Gasteiger partial charge is 0.362 e. The number of pyridine rings is 1. The number of oxime groups is 1. The molecule has 1 aliphatic heterocycles. The third-order valence-electron chi connectivity index (χ3n) is 7.18. The van der Waals surface area contributed by atoms with Crippen LogP contribution in [0.1, 0.15) is 32.9 Å². The molecule has 0 saturated carbocycles. The Balaban J connectivity index is 1.58. The number of nitrogen functional groups attached to an aromatic ring is 1. The fourth-order valence-corrected chi connectivity index (χ4v) is 6.49. The number of amides is 4. The number of rotatable bonds is 13. The Morgan fingerprint density at radius 3 is 2.38 bits per heavy atom. The van der Waals surface area contributed by atoms with Gasteiger partial charge in [0.15, 0.2) is 22.4 Å². The van der Waals surface area contributed by atoms with Gasteiger partial charge in [-0.25, -0.2) is 32.5 Å². The molecular weight excluding hydrogens is 761 g/mol. The van der Waals surface area contributed by atoms with Crippen molar-refractivity contribution in [1.82, 2.24) is 38.4 Å². The predicted molar refractivity (Wildman–Crippen MR) is 176 cm³/mol. The molecule has 7 N–H and O–H groups in total. The van der Waals surface area contributed by atoms with Crippen LogP contribution in [0.3, 0.4) is 0 Å². The first-order valence-electron chi connectivity index (χ1n) is 14.4. The molecule has 1 saturated heterocycles. The summed E-state index contributed by atoms with van der Waals surface area (Å²) >= 11 is 0.902. The van der Waals surface area contributed by atoms with Crippen LogP contribution in [0.4, 0.5) is 9.93 Å². The SMILES string of the molecule is C[C@H]1[C@H](NC(=O)/C(=N\OC(C)(C)C(=O)O)c2csc(N)n2)C(=O)N1C(=O)NS(=O)(=O)n1nc(-c2cc(=O)c(O)cn2O)n(CCCS(C)(=O)=O)c1=O. The number of carboxylic acid groups (broad SMARTS) is 1. The minimum atomic E-state index is -5.32. The molecule has 0 aliphatic carbocycles. The summed E-state index contributed by atoms with van der Waals surface area (Å²) in [6.07, 6.45) is 1.16. The van der Waals surface area contributed by atoms with Crippen LogP contribution in [0, 0.1) is 0 Å². The first-order chi connectivity index (χ1) is 23.9. The lowest BCUT2D eigenvalue weighted by Gasteiger charge is -2.43. The molecule has 1 fully saturated rings. The molecular formula is C25H30N10O14S3. The Hall–Kier alpha value is -5.83. The zero-order valence-corrected chi connectivity index (χ0v) is 29.7. The van der Waals surface area contributed by atoms with Crippen molar-refractivity contribution in [1.29, 1.82) is 0 Å². The molecule has 4 rings (SSSR count). The van der Waals surface area contributed by atoms with Gasteiger partial charge in [0.1, 0.15) is 27.3 Å². The fourth-order valence-electron chi connectivity index (χ4n) is 4.39. The van der Waals surface area contributed by atoms with Crippen molar-refractivity contribution in [2.24, 2.45) is 5.16 Å². The highest BCUT2D eigenvalue weighted by molar-refractivity contribution is 7.90. The summed E-state index contributed by atoms with van der Waals surface area (Å²) in [5, 5.41) is 40.0. The van der Waals surface area contributed by atoms with E-state index in [1.54, 1.807) is 0 Å². The van der Waals surface area contributed by atoms with Gasteiger partial charge < -0.3 is 31.3 Å². The van der Waals surface area contributed by atoms with E-state index < -0.39 is 108 Å². The maximum atomic E-state index is 13.3. The number of carboxylic acids is 1. The van der Waals surface area contributed by atoms with Gasteiger partial charge in [-0.15, -0.1) is 16.4 Å². The molecule has 0 aromatic carbocycles. The average molecular weight is 791 g/mol. The summed E-state index contributed by atoms with van der Waals surface area (Å²) in [5.41, 5.74) is -0.169. The fraction of sp³-hybridized carbons (Fsp3) is 0.400. The standard InChI is InChI=1S/C25H30N10O14S3/c1-11-16(28-19(38)17(12-10-50-22(26)27-12)30-49-25(2,3)21(40)41)20(39)34(11)23(42)31-52(47,48)35-24(43)32(6-5-7-51(4,45)46)18(29-35)13-8-14(36)15(37)9-33(13)44/h8-11,16,37,44H,5-7H2,1-4H3,(H2,26,27)(H,28,38)(H,31,42)(H,40,41)/b30-17-/t11-,16-/m0/s1. The van der Waals surface area contributed by atoms with Crippen molar-refractivity contribution in [3.63, 3.8) is 0 Å². The molecule has 2 atom stereocenters. The number of anilines is 1. The van der Waals surface area contributed by atoms with Gasteiger partial charge in [-0.3, -0.25) is 23.9 Å². The molecule has 4 heterocycles. The van der Waals surface area contributed by atoms with Gasteiger partial charge in [-0.2, -0.15) is 13.1 Å². The number of aliphatic carboxylic acids is 1. The first kappa shape index (κ1) is 39.0. The molecule has 0 bridgehead atoms. The second-order valence-electron chi connectivity index (χ2n) is 11.6. The minimum Gasteiger partial charge on any atom is -0.503 e. The van der Waals surface area contributed by atoms with E-state index in [1.807, 2.05) is 0 Å². The summed E-state index contributed by atoms with van der Waals surface area (Å²) in [7, 11) is -8.88. The number of nitrogens with zero attached hydrogens (tertiary/aromatic N) is 7. The first-order valence-corrected chi connectivity index (χ1v) is 18.8. The number of hydrogen-bond donors (Lipinski definition) is 6. The minimum absolute atomic E-state index is 0.00359. The van der Waals surface area contributed by atoms with Gasteiger partial charge in [-0.05, 0) is 27.2 Å². The highest BCUT2D eigenvalue weighted by Gasteiger charge is 2.50. The molecule has 27 heteroatoms. The molecule has 0 radical (unpaired) electrons. The number of likely N-dealkylation sites (tertiary alicyclic amines) is 1. The Labute approximate surface area is 295 Å². The lowest BCUT2D eigenvalue weighted by molar-refractivity contribution is -0.161. The van der Waals surface area contributed by atoms with Gasteiger partial charge in [0.25, 0.3) is 11.8 Å². The van der Waals surface area contributed by atoms with Crippen molar-refractivity contribution >= 4 is 66.0 Å². The number of aromatic nitrogens is 5. The third kappa shape index (κ3) is 8.04. The van der Waals surface area contributed by atoms with Crippen molar-refractivity contribution < 1.29 is 56.3 Å². The Morgan fingerprint density at radius 1 is 1.17 bits per heavy atom. The molecule has 3 aromatic rings. The molecule has 52 heavy (non-hydrogen) atoms. The van der Waals surface area contributed by atoms with E-state index in [0.29, 0.717) is 21.7 Å². The third-order valence-corrected chi connectivity index (χ3v) is 10.0. The molecule has 0 spiro atoms. The number of hydrogen-bond acceptors (Lipinski definition) is 18. The molecule has 1 aliphatic rings. The van der Waals surface area contributed by atoms with Crippen LogP contribution in [-0.4, -0.2) is 120 Å². The number of aromatic hydroxyl groups is 1. The number of carbonyl (C=O) groups is 4. The second-order valence-corrected chi connectivity index (χ2v) is 16.2. The second kappa shape index (κ2) is 14.1. The van der Waals surface area contributed by atoms with E-state index in [1.165, 1.54) is 17.0 Å². The van der Waals surface area contributed by atoms with Gasteiger partial charge in [0.05, 0.1) is 18.0 Å². The van der Waals surface area contributed by atoms with E-state index in [2.05, 4.69) is 20.6 Å². The van der Waals surface area contributed by atoms with E-state index >= 15 is 0 Å². The number of imide groups is 1. The van der Waals surface area contributed by atoms with Crippen LogP contribution in [0.15, 0.2) is 32.4 Å². The molecule has 0 unspecified atom stereocenters. The summed E-state index contributed by atoms with van der Waals surface area (Å²) in [5.74, 6) is -5.76. The Morgan fingerprint density at radius 2 is 1.83 bits per heavy atom. The van der Waals surface area contributed by atoms with E-state index in [0.717, 1.165) is 31.4 Å². The molecule has 3 aromatic heterocycles. The lowest BCUT2D eigenvalue weighted by Crippen LogP contribution is -2.73. The molecule has 24 nitrogen and oxygen atoms in total. The van der Waals surface area contributed by atoms with Crippen molar-refractivity contribution in [3.8, 4) is 17.3 Å². The maximum absolute atomic E-state index is 13.3. The monoisotopic (exact) mass is 790 g/mol. The lowest BCUT2D eigenvalue weighted by atomic mass is 9.97. The van der Waals surface area contributed by atoms with Crippen LogP contribution < -0.4 is 26.9 Å². The average Bonchev–Trinajstić information content (AvgIpc) is 3.60. The van der Waals surface area contributed by atoms with Crippen molar-refractivity contribution in [3.05, 3.63) is 44.0 Å². The van der Waals surface area contributed by atoms with Gasteiger partial charge >= 0.3 is 27.9 Å². The summed E-state index contributed by atoms with van der Waals surface area (Å²) < 4.78 is 51.8. The zero-order valence-electron chi connectivity index (χ0n) is 27.3. The molecule has 282 valence electrons. The largest absolute Gasteiger partial charge is 0.503 e. The topological polar surface area (TPSA) is 347 Å². The highest BCUT2D eigenvalue weighted by Crippen LogP contribution is 2.22. The van der Waals surface area contributed by atoms with Crippen LogP contribution in [0.25, 0.3) is 11.5 Å². The number of thiazole rings is 1. The Kier molecular flexibility index (Phi) is 10.5.